The van der Waals surface area contributed by atoms with E-state index < -0.39 is 34.3 Å². The number of sulfonamides is 1. The molecule has 0 unspecified atom stereocenters. The van der Waals surface area contributed by atoms with Crippen LogP contribution in [0.4, 0.5) is 10.1 Å². The van der Waals surface area contributed by atoms with Gasteiger partial charge in [-0.15, -0.1) is 0 Å². The van der Waals surface area contributed by atoms with Crippen LogP contribution in [0.5, 0.6) is 0 Å². The van der Waals surface area contributed by atoms with Gasteiger partial charge in [-0.25, -0.2) is 12.8 Å². The largest absolute Gasteiger partial charge is 0.352 e. The summed E-state index contributed by atoms with van der Waals surface area (Å²) in [6, 6.07) is 21.5. The van der Waals surface area contributed by atoms with E-state index in [0.29, 0.717) is 11.3 Å². The van der Waals surface area contributed by atoms with Gasteiger partial charge >= 0.3 is 0 Å². The summed E-state index contributed by atoms with van der Waals surface area (Å²) in [5.74, 6) is -1.22. The molecule has 1 atom stereocenters. The van der Waals surface area contributed by atoms with E-state index in [1.807, 2.05) is 42.5 Å². The molecule has 1 aliphatic carbocycles. The summed E-state index contributed by atoms with van der Waals surface area (Å²) in [6.07, 6.45) is 6.26. The molecule has 3 aromatic carbocycles. The van der Waals surface area contributed by atoms with Crippen molar-refractivity contribution in [3.05, 3.63) is 101 Å². The Morgan fingerprint density at radius 2 is 1.50 bits per heavy atom. The molecule has 4 rings (SSSR count). The number of nitrogens with zero attached hydrogens (tertiary/aromatic N) is 2. The highest BCUT2D eigenvalue weighted by atomic mass is 32.2. The van der Waals surface area contributed by atoms with Gasteiger partial charge in [-0.3, -0.25) is 13.9 Å². The molecule has 44 heavy (non-hydrogen) atoms. The Bertz CT molecular complexity index is 1500. The van der Waals surface area contributed by atoms with Crippen LogP contribution in [0.3, 0.4) is 0 Å². The summed E-state index contributed by atoms with van der Waals surface area (Å²) < 4.78 is 41.0. The van der Waals surface area contributed by atoms with E-state index in [1.165, 1.54) is 17.0 Å². The first-order chi connectivity index (χ1) is 20.8. The summed E-state index contributed by atoms with van der Waals surface area (Å²) in [5, 5.41) is 3.18. The van der Waals surface area contributed by atoms with Crippen molar-refractivity contribution < 1.29 is 22.4 Å². The second kappa shape index (κ2) is 14.4. The van der Waals surface area contributed by atoms with Crippen LogP contribution in [0.2, 0.25) is 0 Å². The first-order valence-corrected chi connectivity index (χ1v) is 17.1. The van der Waals surface area contributed by atoms with Gasteiger partial charge in [0.05, 0.1) is 11.9 Å². The lowest BCUT2D eigenvalue weighted by molar-refractivity contribution is -0.140. The summed E-state index contributed by atoms with van der Waals surface area (Å²) in [4.78, 5) is 29.7. The van der Waals surface area contributed by atoms with E-state index in [0.717, 1.165) is 53.8 Å². The van der Waals surface area contributed by atoms with Crippen molar-refractivity contribution in [3.8, 4) is 0 Å². The Kier molecular flexibility index (Phi) is 10.8. The number of rotatable bonds is 11. The Morgan fingerprint density at radius 3 is 2.07 bits per heavy atom. The highest BCUT2D eigenvalue weighted by Crippen LogP contribution is 2.27. The quantitative estimate of drug-likeness (QED) is 0.286. The Balaban J connectivity index is 1.71. The van der Waals surface area contributed by atoms with Gasteiger partial charge in [0, 0.05) is 19.0 Å². The fraction of sp³-hybridized carbons (Fsp3) is 0.429. The van der Waals surface area contributed by atoms with E-state index in [9.17, 15) is 22.4 Å². The molecular formula is C35H44FN3O4S. The molecule has 236 valence electrons. The fourth-order valence-electron chi connectivity index (χ4n) is 5.63. The lowest BCUT2D eigenvalue weighted by Gasteiger charge is -2.35. The second-order valence-corrected chi connectivity index (χ2v) is 14.7. The van der Waals surface area contributed by atoms with Crippen LogP contribution in [-0.2, 0) is 38.0 Å². The Labute approximate surface area is 261 Å². The van der Waals surface area contributed by atoms with E-state index in [-0.39, 0.29) is 30.3 Å². The predicted octanol–water partition coefficient (Wildman–Crippen LogP) is 5.98. The maximum absolute atomic E-state index is 14.3. The topological polar surface area (TPSA) is 86.8 Å². The Morgan fingerprint density at radius 1 is 0.886 bits per heavy atom. The summed E-state index contributed by atoms with van der Waals surface area (Å²) in [6.45, 7) is 5.72. The average molecular weight is 622 g/mol. The molecule has 2 amide bonds. The van der Waals surface area contributed by atoms with Crippen LogP contribution in [0.1, 0.15) is 69.6 Å². The van der Waals surface area contributed by atoms with Crippen molar-refractivity contribution >= 4 is 27.5 Å². The lowest BCUT2D eigenvalue weighted by Crippen LogP contribution is -2.55. The van der Waals surface area contributed by atoms with Gasteiger partial charge in [0.25, 0.3) is 0 Å². The minimum atomic E-state index is -3.87. The number of carbonyl (C=O) groups excluding carboxylic acids is 2. The number of carbonyl (C=O) groups is 2. The number of hydrogen-bond donors (Lipinski definition) is 1. The standard InChI is InChI=1S/C35H44FN3O4S/c1-35(2,3)28-17-21-31(22-18-28)39(44(4,42)43)25-33(40)38(24-27-15-19-29(36)20-16-27)32(23-26-11-7-5-8-12-26)34(41)37-30-13-9-6-10-14-30/h5,7-8,11-12,15-22,30,32H,6,9-10,13-14,23-25H2,1-4H3,(H,37,41)/t32-/m1/s1. The van der Waals surface area contributed by atoms with E-state index in [2.05, 4.69) is 26.1 Å². The van der Waals surface area contributed by atoms with Gasteiger partial charge < -0.3 is 10.2 Å². The average Bonchev–Trinajstić information content (AvgIpc) is 2.98. The summed E-state index contributed by atoms with van der Waals surface area (Å²) in [5.41, 5.74) is 2.75. The minimum absolute atomic E-state index is 0.00919. The van der Waals surface area contributed by atoms with E-state index in [1.54, 1.807) is 24.3 Å². The lowest BCUT2D eigenvalue weighted by atomic mass is 9.87. The summed E-state index contributed by atoms with van der Waals surface area (Å²) in [7, 11) is -3.87. The van der Waals surface area contributed by atoms with E-state index in [4.69, 9.17) is 0 Å². The van der Waals surface area contributed by atoms with E-state index >= 15 is 0 Å². The van der Waals surface area contributed by atoms with Crippen molar-refractivity contribution in [2.75, 3.05) is 17.1 Å². The number of benzene rings is 3. The van der Waals surface area contributed by atoms with Crippen LogP contribution in [0, 0.1) is 5.82 Å². The van der Waals surface area contributed by atoms with Gasteiger partial charge in [-0.05, 0) is 59.2 Å². The van der Waals surface area contributed by atoms with Crippen molar-refractivity contribution in [1.29, 1.82) is 0 Å². The normalized spacial score (nSPS) is 14.9. The number of halogens is 1. The Hall–Kier alpha value is -3.72. The highest BCUT2D eigenvalue weighted by Gasteiger charge is 2.34. The first kappa shape index (κ1) is 33.2. The van der Waals surface area contributed by atoms with Gasteiger partial charge in [-0.2, -0.15) is 0 Å². The monoisotopic (exact) mass is 621 g/mol. The SMILES string of the molecule is CC(C)(C)c1ccc(N(CC(=O)N(Cc2ccc(F)cc2)[C@H](Cc2ccccc2)C(=O)NC2CCCCC2)S(C)(=O)=O)cc1. The second-order valence-electron chi connectivity index (χ2n) is 12.8. The molecule has 0 saturated heterocycles. The van der Waals surface area contributed by atoms with Gasteiger partial charge in [0.2, 0.25) is 21.8 Å². The zero-order chi connectivity index (χ0) is 31.9. The zero-order valence-electron chi connectivity index (χ0n) is 26.1. The molecule has 3 aromatic rings. The molecule has 0 radical (unpaired) electrons. The van der Waals surface area contributed by atoms with Crippen molar-refractivity contribution in [2.24, 2.45) is 0 Å². The highest BCUT2D eigenvalue weighted by molar-refractivity contribution is 7.92. The molecule has 9 heteroatoms. The molecule has 1 saturated carbocycles. The van der Waals surface area contributed by atoms with Crippen molar-refractivity contribution in [2.45, 2.75) is 83.3 Å². The minimum Gasteiger partial charge on any atom is -0.352 e. The summed E-state index contributed by atoms with van der Waals surface area (Å²) >= 11 is 0. The van der Waals surface area contributed by atoms with Crippen LogP contribution < -0.4 is 9.62 Å². The smallest absolute Gasteiger partial charge is 0.244 e. The molecule has 0 spiro atoms. The predicted molar refractivity (Wildman–Crippen MR) is 173 cm³/mol. The number of anilines is 1. The van der Waals surface area contributed by atoms with Gasteiger partial charge in [-0.1, -0.05) is 94.6 Å². The van der Waals surface area contributed by atoms with Crippen LogP contribution in [0.15, 0.2) is 78.9 Å². The van der Waals surface area contributed by atoms with Crippen LogP contribution in [-0.4, -0.2) is 50.0 Å². The number of nitrogens with one attached hydrogen (secondary N) is 1. The fourth-order valence-corrected chi connectivity index (χ4v) is 6.48. The molecule has 1 N–H and O–H groups in total. The molecule has 7 nitrogen and oxygen atoms in total. The number of hydrogen-bond acceptors (Lipinski definition) is 4. The third-order valence-corrected chi connectivity index (χ3v) is 9.33. The third-order valence-electron chi connectivity index (χ3n) is 8.19. The van der Waals surface area contributed by atoms with Gasteiger partial charge in [0.1, 0.15) is 18.4 Å². The van der Waals surface area contributed by atoms with Crippen molar-refractivity contribution in [1.82, 2.24) is 10.2 Å². The maximum atomic E-state index is 14.3. The molecule has 0 heterocycles. The molecule has 0 aliphatic heterocycles. The molecule has 1 fully saturated rings. The first-order valence-electron chi connectivity index (χ1n) is 15.3. The molecule has 1 aliphatic rings. The molecular weight excluding hydrogens is 577 g/mol. The van der Waals surface area contributed by atoms with Crippen molar-refractivity contribution in [3.63, 3.8) is 0 Å². The maximum Gasteiger partial charge on any atom is 0.244 e. The molecule has 0 bridgehead atoms. The molecule has 0 aromatic heterocycles. The van der Waals surface area contributed by atoms with Crippen LogP contribution in [0.25, 0.3) is 0 Å². The third kappa shape index (κ3) is 9.14. The van der Waals surface area contributed by atoms with Gasteiger partial charge in [0.15, 0.2) is 0 Å². The van der Waals surface area contributed by atoms with Crippen LogP contribution >= 0.6 is 0 Å². The zero-order valence-corrected chi connectivity index (χ0v) is 26.9. The number of amides is 2.